The van der Waals surface area contributed by atoms with Crippen LogP contribution in [0.3, 0.4) is 0 Å². The van der Waals surface area contributed by atoms with Crippen LogP contribution in [0.5, 0.6) is 0 Å². The van der Waals surface area contributed by atoms with Crippen molar-refractivity contribution in [3.05, 3.63) is 46.7 Å². The molecule has 17 heavy (non-hydrogen) atoms. The Balaban J connectivity index is 2.25. The Morgan fingerprint density at radius 1 is 1.47 bits per heavy atom. The lowest BCUT2D eigenvalue weighted by molar-refractivity contribution is 0.623. The second-order valence-corrected chi connectivity index (χ2v) is 4.71. The van der Waals surface area contributed by atoms with Crippen molar-refractivity contribution in [2.45, 2.75) is 13.0 Å². The molecule has 0 bridgehead atoms. The van der Waals surface area contributed by atoms with Crippen LogP contribution in [-0.2, 0) is 7.05 Å². The molecule has 0 amide bonds. The van der Waals surface area contributed by atoms with Crippen LogP contribution in [0.25, 0.3) is 0 Å². The highest BCUT2D eigenvalue weighted by Crippen LogP contribution is 2.28. The number of hydrogen-bond acceptors (Lipinski definition) is 2. The Kier molecular flexibility index (Phi) is 3.47. The van der Waals surface area contributed by atoms with Gasteiger partial charge in [0.25, 0.3) is 0 Å². The third-order valence-electron chi connectivity index (χ3n) is 2.57. The Hall–Kier alpha value is -1.36. The lowest BCUT2D eigenvalue weighted by Crippen LogP contribution is -2.13. The molecule has 1 aromatic carbocycles. The zero-order chi connectivity index (χ0) is 12.4. The van der Waals surface area contributed by atoms with Gasteiger partial charge in [-0.3, -0.25) is 0 Å². The molecule has 1 N–H and O–H groups in total. The minimum Gasteiger partial charge on any atom is -0.372 e. The van der Waals surface area contributed by atoms with E-state index in [9.17, 15) is 4.39 Å². The lowest BCUT2D eigenvalue weighted by atomic mass is 10.2. The lowest BCUT2D eigenvalue weighted by Gasteiger charge is -2.16. The highest BCUT2D eigenvalue weighted by atomic mass is 79.9. The molecule has 0 aliphatic rings. The smallest absolute Gasteiger partial charge is 0.147 e. The summed E-state index contributed by atoms with van der Waals surface area (Å²) in [5.74, 6) is 0.584. The number of hydrogen-bond donors (Lipinski definition) is 1. The van der Waals surface area contributed by atoms with Gasteiger partial charge in [-0.15, -0.1) is 0 Å². The average molecular weight is 298 g/mol. The molecule has 1 aromatic heterocycles. The van der Waals surface area contributed by atoms with Gasteiger partial charge in [0, 0.05) is 23.9 Å². The predicted octanol–water partition coefficient (Wildman–Crippen LogP) is 3.49. The number of halogens is 2. The summed E-state index contributed by atoms with van der Waals surface area (Å²) in [5, 5.41) is 3.12. The minimum absolute atomic E-state index is 0.0665. The number of anilines is 1. The molecule has 2 rings (SSSR count). The van der Waals surface area contributed by atoms with Crippen molar-refractivity contribution < 1.29 is 4.39 Å². The van der Waals surface area contributed by atoms with Crippen LogP contribution in [0.1, 0.15) is 18.8 Å². The molecule has 2 aromatic rings. The fraction of sp³-hybridized carbons (Fsp3) is 0.250. The van der Waals surface area contributed by atoms with Crippen molar-refractivity contribution in [2.24, 2.45) is 7.05 Å². The van der Waals surface area contributed by atoms with E-state index >= 15 is 0 Å². The monoisotopic (exact) mass is 297 g/mol. The predicted molar refractivity (Wildman–Crippen MR) is 69.3 cm³/mol. The first-order chi connectivity index (χ1) is 8.09. The van der Waals surface area contributed by atoms with Crippen LogP contribution in [0.4, 0.5) is 10.1 Å². The van der Waals surface area contributed by atoms with E-state index in [0.717, 1.165) is 5.82 Å². The summed E-state index contributed by atoms with van der Waals surface area (Å²) < 4.78 is 16.2. The van der Waals surface area contributed by atoms with Gasteiger partial charge in [-0.05, 0) is 35.0 Å². The van der Waals surface area contributed by atoms with Gasteiger partial charge in [-0.25, -0.2) is 9.37 Å². The van der Waals surface area contributed by atoms with Crippen LogP contribution < -0.4 is 5.32 Å². The van der Waals surface area contributed by atoms with Crippen LogP contribution in [0, 0.1) is 5.82 Å². The minimum atomic E-state index is -0.277. The maximum Gasteiger partial charge on any atom is 0.147 e. The molecule has 0 aliphatic heterocycles. The summed E-state index contributed by atoms with van der Waals surface area (Å²) in [7, 11) is 1.91. The van der Waals surface area contributed by atoms with E-state index in [1.54, 1.807) is 18.3 Å². The van der Waals surface area contributed by atoms with Crippen molar-refractivity contribution in [2.75, 3.05) is 5.32 Å². The van der Waals surface area contributed by atoms with Crippen LogP contribution in [0.15, 0.2) is 35.1 Å². The number of nitrogens with one attached hydrogen (secondary N) is 1. The standard InChI is InChI=1S/C12H13BrFN3/c1-8(12-15-6-7-17(12)2)16-11-9(13)4-3-5-10(11)14/h3-8,16H,1-2H3. The van der Waals surface area contributed by atoms with Gasteiger partial charge in [-0.1, -0.05) is 6.07 Å². The highest BCUT2D eigenvalue weighted by molar-refractivity contribution is 9.10. The van der Waals surface area contributed by atoms with Crippen molar-refractivity contribution in [3.63, 3.8) is 0 Å². The quantitative estimate of drug-likeness (QED) is 0.940. The number of aromatic nitrogens is 2. The third-order valence-corrected chi connectivity index (χ3v) is 3.23. The largest absolute Gasteiger partial charge is 0.372 e. The molecule has 5 heteroatoms. The summed E-state index contributed by atoms with van der Waals surface area (Å²) in [6.07, 6.45) is 3.59. The Bertz CT molecular complexity index is 504. The van der Waals surface area contributed by atoms with Gasteiger partial charge in [0.1, 0.15) is 11.6 Å². The van der Waals surface area contributed by atoms with E-state index in [1.807, 2.05) is 24.7 Å². The van der Waals surface area contributed by atoms with Gasteiger partial charge in [0.2, 0.25) is 0 Å². The number of rotatable bonds is 3. The van der Waals surface area contributed by atoms with Gasteiger partial charge in [0.15, 0.2) is 0 Å². The molecule has 1 atom stereocenters. The van der Waals surface area contributed by atoms with E-state index in [1.165, 1.54) is 6.07 Å². The molecule has 1 unspecified atom stereocenters. The summed E-state index contributed by atoms with van der Waals surface area (Å²) in [4.78, 5) is 4.23. The molecule has 0 spiro atoms. The second kappa shape index (κ2) is 4.87. The molecule has 0 saturated carbocycles. The number of aryl methyl sites for hydroxylation is 1. The highest BCUT2D eigenvalue weighted by Gasteiger charge is 2.14. The molecule has 90 valence electrons. The van der Waals surface area contributed by atoms with E-state index in [4.69, 9.17) is 0 Å². The number of imidazole rings is 1. The van der Waals surface area contributed by atoms with Gasteiger partial charge in [0.05, 0.1) is 11.7 Å². The summed E-state index contributed by atoms with van der Waals surface area (Å²) in [6.45, 7) is 1.95. The van der Waals surface area contributed by atoms with Crippen LogP contribution >= 0.6 is 15.9 Å². The van der Waals surface area contributed by atoms with Gasteiger partial charge < -0.3 is 9.88 Å². The fourth-order valence-corrected chi connectivity index (χ4v) is 2.17. The van der Waals surface area contributed by atoms with E-state index in [-0.39, 0.29) is 11.9 Å². The zero-order valence-electron chi connectivity index (χ0n) is 9.61. The summed E-state index contributed by atoms with van der Waals surface area (Å²) >= 11 is 3.33. The SMILES string of the molecule is CC(Nc1c(F)cccc1Br)c1nccn1C. The Morgan fingerprint density at radius 2 is 2.24 bits per heavy atom. The van der Waals surface area contributed by atoms with E-state index in [0.29, 0.717) is 10.2 Å². The number of nitrogens with zero attached hydrogens (tertiary/aromatic N) is 2. The van der Waals surface area contributed by atoms with Gasteiger partial charge in [-0.2, -0.15) is 0 Å². The topological polar surface area (TPSA) is 29.9 Å². The number of benzene rings is 1. The molecular formula is C12H13BrFN3. The molecule has 0 radical (unpaired) electrons. The maximum atomic E-state index is 13.6. The van der Waals surface area contributed by atoms with Crippen molar-refractivity contribution in [1.29, 1.82) is 0 Å². The molecule has 1 heterocycles. The Morgan fingerprint density at radius 3 is 2.82 bits per heavy atom. The van der Waals surface area contributed by atoms with E-state index in [2.05, 4.69) is 26.2 Å². The second-order valence-electron chi connectivity index (χ2n) is 3.86. The first-order valence-corrected chi connectivity index (χ1v) is 6.06. The van der Waals surface area contributed by atoms with Crippen molar-refractivity contribution in [1.82, 2.24) is 9.55 Å². The van der Waals surface area contributed by atoms with Gasteiger partial charge >= 0.3 is 0 Å². The van der Waals surface area contributed by atoms with Crippen LogP contribution in [-0.4, -0.2) is 9.55 Å². The van der Waals surface area contributed by atoms with Crippen LogP contribution in [0.2, 0.25) is 0 Å². The molecule has 0 saturated heterocycles. The first-order valence-electron chi connectivity index (χ1n) is 5.27. The van der Waals surface area contributed by atoms with Crippen molar-refractivity contribution in [3.8, 4) is 0 Å². The summed E-state index contributed by atoms with van der Waals surface area (Å²) in [5.41, 5.74) is 0.461. The molecule has 3 nitrogen and oxygen atoms in total. The normalized spacial score (nSPS) is 12.5. The Labute approximate surface area is 108 Å². The fourth-order valence-electron chi connectivity index (χ4n) is 1.71. The average Bonchev–Trinajstić information content (AvgIpc) is 2.70. The summed E-state index contributed by atoms with van der Waals surface area (Å²) in [6, 6.07) is 4.83. The van der Waals surface area contributed by atoms with Crippen molar-refractivity contribution >= 4 is 21.6 Å². The number of para-hydroxylation sites is 1. The first kappa shape index (κ1) is 12.1. The maximum absolute atomic E-state index is 13.6. The van der Waals surface area contributed by atoms with E-state index < -0.39 is 0 Å². The third kappa shape index (κ3) is 2.49. The zero-order valence-corrected chi connectivity index (χ0v) is 11.2. The molecular weight excluding hydrogens is 285 g/mol. The molecule has 0 fully saturated rings. The molecule has 0 aliphatic carbocycles.